The maximum absolute atomic E-state index is 13.0. The first-order valence-electron chi connectivity index (χ1n) is 10.5. The summed E-state index contributed by atoms with van der Waals surface area (Å²) in [5.41, 5.74) is 3.75. The van der Waals surface area contributed by atoms with Gasteiger partial charge in [0.15, 0.2) is 5.13 Å². The Labute approximate surface area is 179 Å². The number of piperidine rings is 1. The first-order chi connectivity index (χ1) is 14.7. The molecule has 2 aliphatic heterocycles. The summed E-state index contributed by atoms with van der Waals surface area (Å²) in [7, 11) is 0. The lowest BCUT2D eigenvalue weighted by molar-refractivity contribution is -0.120. The van der Waals surface area contributed by atoms with E-state index in [1.807, 2.05) is 36.4 Å². The molecule has 1 aromatic heterocycles. The van der Waals surface area contributed by atoms with Gasteiger partial charge in [0, 0.05) is 30.9 Å². The molecule has 1 fully saturated rings. The lowest BCUT2D eigenvalue weighted by atomic mass is 9.97. The van der Waals surface area contributed by atoms with Gasteiger partial charge in [-0.15, -0.1) is 0 Å². The molecule has 2 amide bonds. The van der Waals surface area contributed by atoms with Gasteiger partial charge in [0.1, 0.15) is 0 Å². The molecule has 3 heterocycles. The van der Waals surface area contributed by atoms with Crippen LogP contribution in [0.4, 0.5) is 16.5 Å². The van der Waals surface area contributed by atoms with Gasteiger partial charge in [0.05, 0.1) is 16.1 Å². The molecular weight excluding hydrogens is 396 g/mol. The number of thiazole rings is 1. The van der Waals surface area contributed by atoms with E-state index in [1.165, 1.54) is 4.70 Å². The van der Waals surface area contributed by atoms with E-state index in [2.05, 4.69) is 21.6 Å². The van der Waals surface area contributed by atoms with E-state index >= 15 is 0 Å². The molecule has 1 atom stereocenters. The topological polar surface area (TPSA) is 74.3 Å². The van der Waals surface area contributed by atoms with Crippen molar-refractivity contribution < 1.29 is 9.59 Å². The van der Waals surface area contributed by atoms with Crippen molar-refractivity contribution >= 4 is 49.9 Å². The van der Waals surface area contributed by atoms with Crippen LogP contribution in [-0.4, -0.2) is 29.9 Å². The van der Waals surface area contributed by atoms with Crippen molar-refractivity contribution in [2.75, 3.05) is 28.6 Å². The minimum absolute atomic E-state index is 0.0541. The molecule has 2 N–H and O–H groups in total. The Morgan fingerprint density at radius 3 is 2.97 bits per heavy atom. The van der Waals surface area contributed by atoms with Crippen molar-refractivity contribution in [3.63, 3.8) is 0 Å². The molecule has 1 unspecified atom stereocenters. The van der Waals surface area contributed by atoms with E-state index in [4.69, 9.17) is 4.98 Å². The van der Waals surface area contributed by atoms with Crippen LogP contribution >= 0.6 is 11.3 Å². The van der Waals surface area contributed by atoms with Gasteiger partial charge < -0.3 is 15.5 Å². The van der Waals surface area contributed by atoms with Crippen LogP contribution in [-0.2, 0) is 16.0 Å². The smallest absolute Gasteiger partial charge is 0.229 e. The highest BCUT2D eigenvalue weighted by Gasteiger charge is 2.27. The fourth-order valence-corrected chi connectivity index (χ4v) is 5.26. The molecule has 30 heavy (non-hydrogen) atoms. The molecule has 1 saturated heterocycles. The summed E-state index contributed by atoms with van der Waals surface area (Å²) < 4.78 is 1.18. The number of fused-ring (bicyclic) bond motifs is 2. The lowest BCUT2D eigenvalue weighted by Gasteiger charge is -2.31. The summed E-state index contributed by atoms with van der Waals surface area (Å²) >= 11 is 1.69. The molecule has 0 radical (unpaired) electrons. The second-order valence-corrected chi connectivity index (χ2v) is 9.02. The highest BCUT2D eigenvalue weighted by molar-refractivity contribution is 7.22. The number of aromatic nitrogens is 1. The van der Waals surface area contributed by atoms with Crippen LogP contribution in [0.1, 0.15) is 31.2 Å². The summed E-state index contributed by atoms with van der Waals surface area (Å²) in [5, 5.41) is 7.03. The zero-order valence-electron chi connectivity index (χ0n) is 16.7. The fourth-order valence-electron chi connectivity index (χ4n) is 4.26. The SMILES string of the molecule is O=C1CCCc2cc(NC(=O)C3CCCN(c4nc5ccccc5s4)C3)ccc2N1. The van der Waals surface area contributed by atoms with Crippen LogP contribution in [0.2, 0.25) is 0 Å². The molecule has 0 bridgehead atoms. The zero-order chi connectivity index (χ0) is 20.5. The Balaban J connectivity index is 1.28. The first-order valence-corrected chi connectivity index (χ1v) is 11.3. The summed E-state index contributed by atoms with van der Waals surface area (Å²) in [4.78, 5) is 31.7. The number of para-hydroxylation sites is 1. The number of anilines is 3. The number of amides is 2. The van der Waals surface area contributed by atoms with E-state index in [9.17, 15) is 9.59 Å². The molecule has 154 valence electrons. The average Bonchev–Trinajstić information content (AvgIpc) is 3.11. The van der Waals surface area contributed by atoms with Crippen LogP contribution < -0.4 is 15.5 Å². The second-order valence-electron chi connectivity index (χ2n) is 8.01. The molecule has 2 aromatic carbocycles. The number of carbonyl (C=O) groups excluding carboxylic acids is 2. The number of hydrogen-bond acceptors (Lipinski definition) is 5. The van der Waals surface area contributed by atoms with Gasteiger partial charge in [-0.25, -0.2) is 4.98 Å². The highest BCUT2D eigenvalue weighted by Crippen LogP contribution is 2.32. The quantitative estimate of drug-likeness (QED) is 0.658. The second kappa shape index (κ2) is 8.07. The third kappa shape index (κ3) is 3.89. The Morgan fingerprint density at radius 2 is 2.07 bits per heavy atom. The van der Waals surface area contributed by atoms with Crippen LogP contribution in [0, 0.1) is 5.92 Å². The van der Waals surface area contributed by atoms with Crippen LogP contribution in [0.5, 0.6) is 0 Å². The Hall–Kier alpha value is -2.93. The number of carbonyl (C=O) groups is 2. The molecule has 7 heteroatoms. The van der Waals surface area contributed by atoms with Gasteiger partial charge in [-0.05, 0) is 61.6 Å². The largest absolute Gasteiger partial charge is 0.347 e. The van der Waals surface area contributed by atoms with Gasteiger partial charge in [0.25, 0.3) is 0 Å². The van der Waals surface area contributed by atoms with Crippen LogP contribution in [0.25, 0.3) is 10.2 Å². The third-order valence-corrected chi connectivity index (χ3v) is 6.94. The normalized spacial score (nSPS) is 19.1. The van der Waals surface area contributed by atoms with Crippen molar-refractivity contribution in [2.24, 2.45) is 5.92 Å². The van der Waals surface area contributed by atoms with Gasteiger partial charge in [0.2, 0.25) is 11.8 Å². The van der Waals surface area contributed by atoms with Gasteiger partial charge in [-0.1, -0.05) is 23.5 Å². The maximum atomic E-state index is 13.0. The minimum Gasteiger partial charge on any atom is -0.347 e. The van der Waals surface area contributed by atoms with Crippen LogP contribution in [0.15, 0.2) is 42.5 Å². The third-order valence-electron chi connectivity index (χ3n) is 5.84. The first kappa shape index (κ1) is 19.1. The number of benzene rings is 2. The molecule has 3 aromatic rings. The minimum atomic E-state index is -0.0655. The van der Waals surface area contributed by atoms with Gasteiger partial charge in [-0.3, -0.25) is 9.59 Å². The molecule has 0 aliphatic carbocycles. The van der Waals surface area contributed by atoms with E-state index in [0.717, 1.165) is 59.8 Å². The van der Waals surface area contributed by atoms with Gasteiger partial charge >= 0.3 is 0 Å². The zero-order valence-corrected chi connectivity index (χ0v) is 17.5. The number of nitrogens with zero attached hydrogens (tertiary/aromatic N) is 2. The summed E-state index contributed by atoms with van der Waals surface area (Å²) in [5.74, 6) is 0.0466. The van der Waals surface area contributed by atoms with Crippen molar-refractivity contribution in [3.05, 3.63) is 48.0 Å². The van der Waals surface area contributed by atoms with E-state index in [1.54, 1.807) is 11.3 Å². The lowest BCUT2D eigenvalue weighted by Crippen LogP contribution is -2.40. The van der Waals surface area contributed by atoms with Crippen molar-refractivity contribution in [1.82, 2.24) is 4.98 Å². The summed E-state index contributed by atoms with van der Waals surface area (Å²) in [6, 6.07) is 13.9. The molecule has 5 rings (SSSR count). The Morgan fingerprint density at radius 1 is 1.17 bits per heavy atom. The molecule has 6 nitrogen and oxygen atoms in total. The Bertz CT molecular complexity index is 1080. The average molecular weight is 421 g/mol. The number of rotatable bonds is 3. The maximum Gasteiger partial charge on any atom is 0.229 e. The highest BCUT2D eigenvalue weighted by atomic mass is 32.1. The van der Waals surface area contributed by atoms with E-state index < -0.39 is 0 Å². The predicted molar refractivity (Wildman–Crippen MR) is 121 cm³/mol. The van der Waals surface area contributed by atoms with Crippen molar-refractivity contribution in [3.8, 4) is 0 Å². The monoisotopic (exact) mass is 420 g/mol. The molecule has 2 aliphatic rings. The summed E-state index contributed by atoms with van der Waals surface area (Å²) in [6.07, 6.45) is 4.07. The standard InChI is InChI=1S/C23H24N4O2S/c28-21-9-3-5-15-13-17(10-11-18(15)25-21)24-22(29)16-6-4-12-27(14-16)23-26-19-7-1-2-8-20(19)30-23/h1-2,7-8,10-11,13,16H,3-6,9,12,14H2,(H,24,29)(H,25,28). The van der Waals surface area contributed by atoms with E-state index in [0.29, 0.717) is 13.0 Å². The van der Waals surface area contributed by atoms with Crippen LogP contribution in [0.3, 0.4) is 0 Å². The number of aryl methyl sites for hydroxylation is 1. The number of hydrogen-bond donors (Lipinski definition) is 2. The summed E-state index contributed by atoms with van der Waals surface area (Å²) in [6.45, 7) is 1.62. The van der Waals surface area contributed by atoms with E-state index in [-0.39, 0.29) is 17.7 Å². The van der Waals surface area contributed by atoms with Gasteiger partial charge in [-0.2, -0.15) is 0 Å². The fraction of sp³-hybridized carbons (Fsp3) is 0.348. The molecule has 0 spiro atoms. The van der Waals surface area contributed by atoms with Crippen molar-refractivity contribution in [1.29, 1.82) is 0 Å². The van der Waals surface area contributed by atoms with Crippen molar-refractivity contribution in [2.45, 2.75) is 32.1 Å². The molecular formula is C23H24N4O2S. The number of nitrogens with one attached hydrogen (secondary N) is 2. The molecule has 0 saturated carbocycles. The Kier molecular flexibility index (Phi) is 5.12. The predicted octanol–water partition coefficient (Wildman–Crippen LogP) is 4.43.